The van der Waals surface area contributed by atoms with Gasteiger partial charge in [0.15, 0.2) is 0 Å². The van der Waals surface area contributed by atoms with Crippen LogP contribution in [0, 0.1) is 0 Å². The number of anilines is 6. The maximum absolute atomic E-state index is 2.47. The minimum Gasteiger partial charge on any atom is -0.310 e. The van der Waals surface area contributed by atoms with Gasteiger partial charge in [-0.2, -0.15) is 0 Å². The predicted molar refractivity (Wildman–Crippen MR) is 300 cm³/mol. The van der Waals surface area contributed by atoms with Gasteiger partial charge in [0.1, 0.15) is 0 Å². The third-order valence-electron chi connectivity index (χ3n) is 16.5. The van der Waals surface area contributed by atoms with Crippen molar-refractivity contribution in [2.45, 2.75) is 64.2 Å². The summed E-state index contributed by atoms with van der Waals surface area (Å²) in [6.45, 7) is 9.60. The van der Waals surface area contributed by atoms with Crippen molar-refractivity contribution in [2.75, 3.05) is 9.80 Å². The van der Waals surface area contributed by atoms with Crippen LogP contribution in [0.4, 0.5) is 34.1 Å². The first kappa shape index (κ1) is 41.1. The summed E-state index contributed by atoms with van der Waals surface area (Å²) in [6.07, 6.45) is 13.9. The molecular weight excluding hydrogens is 845 g/mol. The van der Waals surface area contributed by atoms with Gasteiger partial charge < -0.3 is 9.80 Å². The molecule has 0 saturated carbocycles. The van der Waals surface area contributed by atoms with Gasteiger partial charge in [-0.15, -0.1) is 0 Å². The number of rotatable bonds is 6. The molecule has 0 radical (unpaired) electrons. The highest BCUT2D eigenvalue weighted by molar-refractivity contribution is 6.39. The van der Waals surface area contributed by atoms with E-state index in [1.807, 2.05) is 0 Å². The molecule has 0 bridgehead atoms. The van der Waals surface area contributed by atoms with Gasteiger partial charge in [-0.3, -0.25) is 0 Å². The first-order valence-corrected chi connectivity index (χ1v) is 25.3. The highest BCUT2D eigenvalue weighted by Crippen LogP contribution is 2.54. The van der Waals surface area contributed by atoms with E-state index in [0.29, 0.717) is 0 Å². The van der Waals surface area contributed by atoms with Crippen LogP contribution in [0.3, 0.4) is 0 Å². The normalized spacial score (nSPS) is 16.3. The molecule has 70 heavy (non-hydrogen) atoms. The monoisotopic (exact) mass is 898 g/mol. The van der Waals surface area contributed by atoms with E-state index in [1.165, 1.54) is 110 Å². The van der Waals surface area contributed by atoms with Crippen LogP contribution in [0.1, 0.15) is 75.6 Å². The van der Waals surface area contributed by atoms with Crippen LogP contribution < -0.4 is 9.80 Å². The summed E-state index contributed by atoms with van der Waals surface area (Å²) in [5.41, 5.74) is 18.5. The average Bonchev–Trinajstić information content (AvgIpc) is 3.78. The van der Waals surface area contributed by atoms with Crippen LogP contribution in [0.15, 0.2) is 217 Å². The van der Waals surface area contributed by atoms with Crippen molar-refractivity contribution < 1.29 is 0 Å². The summed E-state index contributed by atoms with van der Waals surface area (Å²) in [7, 11) is 0. The van der Waals surface area contributed by atoms with Gasteiger partial charge in [0.25, 0.3) is 0 Å². The first-order valence-electron chi connectivity index (χ1n) is 25.3. The maximum atomic E-state index is 2.47. The molecule has 0 aromatic heterocycles. The Labute approximate surface area is 410 Å². The number of para-hydroxylation sites is 2. The van der Waals surface area contributed by atoms with Crippen molar-refractivity contribution in [1.82, 2.24) is 0 Å². The third kappa shape index (κ3) is 5.92. The van der Waals surface area contributed by atoms with E-state index < -0.39 is 0 Å². The maximum Gasteiger partial charge on any atom is 0.0468 e. The molecule has 0 amide bonds. The van der Waals surface area contributed by atoms with E-state index in [4.69, 9.17) is 0 Å². The van der Waals surface area contributed by atoms with E-state index >= 15 is 0 Å². The standard InChI is InChI=1S/C68H54N2/c1-67(2)61-29-17-15-25-51(61)53-35-31-47(41-63(53)67)69(43-19-7-5-8-20-43)45-33-37-57-59(39-45)49-23-11-13-27-55(49)66-58-38-34-46(40-60(58)50-24-12-14-28-56(50)65(57)66)70(44-21-9-6-10-22-44)48-32-36-54-52-26-16-18-30-62(52)68(3,4)64(54)42-48/h5-14,17-24,27-42H,15-16,25-26H2,1-4H3. The zero-order valence-corrected chi connectivity index (χ0v) is 40.4. The largest absolute Gasteiger partial charge is 0.310 e. The van der Waals surface area contributed by atoms with Crippen LogP contribution in [-0.2, 0) is 10.8 Å². The highest BCUT2D eigenvalue weighted by Gasteiger charge is 2.39. The van der Waals surface area contributed by atoms with Gasteiger partial charge in [0.2, 0.25) is 0 Å². The predicted octanol–water partition coefficient (Wildman–Crippen LogP) is 19.2. The van der Waals surface area contributed by atoms with Gasteiger partial charge >= 0.3 is 0 Å². The second-order valence-electron chi connectivity index (χ2n) is 21.0. The quantitative estimate of drug-likeness (QED) is 0.153. The second kappa shape index (κ2) is 15.3. The van der Waals surface area contributed by atoms with Crippen LogP contribution in [0.2, 0.25) is 0 Å². The fourth-order valence-electron chi connectivity index (χ4n) is 13.2. The van der Waals surface area contributed by atoms with Crippen molar-refractivity contribution >= 4 is 99.1 Å². The van der Waals surface area contributed by atoms with Crippen molar-refractivity contribution in [3.63, 3.8) is 0 Å². The van der Waals surface area contributed by atoms with Gasteiger partial charge in [-0.05, 0) is 197 Å². The van der Waals surface area contributed by atoms with E-state index in [0.717, 1.165) is 48.4 Å². The van der Waals surface area contributed by atoms with Crippen LogP contribution in [0.5, 0.6) is 0 Å². The van der Waals surface area contributed by atoms with Crippen LogP contribution >= 0.6 is 0 Å². The minimum absolute atomic E-state index is 0.0587. The molecule has 4 aliphatic carbocycles. The van der Waals surface area contributed by atoms with Crippen LogP contribution in [-0.4, -0.2) is 0 Å². The Bertz CT molecular complexity index is 3730. The molecule has 14 rings (SSSR count). The molecule has 4 aliphatic rings. The Morgan fingerprint density at radius 2 is 0.686 bits per heavy atom. The van der Waals surface area contributed by atoms with Crippen LogP contribution in [0.25, 0.3) is 65.0 Å². The molecule has 0 heterocycles. The topological polar surface area (TPSA) is 6.48 Å². The smallest absolute Gasteiger partial charge is 0.0468 e. The Kier molecular flexibility index (Phi) is 8.96. The summed E-state index contributed by atoms with van der Waals surface area (Å²) >= 11 is 0. The molecule has 0 spiro atoms. The molecular formula is C68H54N2. The molecule has 0 N–H and O–H groups in total. The summed E-state index contributed by atoms with van der Waals surface area (Å²) in [6, 6.07) is 68.9. The molecule has 0 aliphatic heterocycles. The lowest BCUT2D eigenvalue weighted by Crippen LogP contribution is -2.18. The van der Waals surface area contributed by atoms with Gasteiger partial charge in [-0.25, -0.2) is 0 Å². The fraction of sp³-hybridized carbons (Fsp3) is 0.147. The SMILES string of the molecule is CC1(C)C2=C(CCC=C2)c2ccc(N(c3ccccc3)c3ccc4c(c3)c3ccccc3c3c5ccc(N(c6ccccc6)c6ccc7c(c6)C(C)(C)C6=C7CCC=C6)cc5c5ccccc5c43)cc21. The molecule has 10 aromatic rings. The minimum atomic E-state index is -0.0587. The highest BCUT2D eigenvalue weighted by atomic mass is 15.1. The second-order valence-corrected chi connectivity index (χ2v) is 21.0. The first-order chi connectivity index (χ1) is 34.3. The molecule has 2 nitrogen and oxygen atoms in total. The Balaban J connectivity index is 0.968. The molecule has 10 aromatic carbocycles. The van der Waals surface area contributed by atoms with Crippen molar-refractivity contribution in [3.05, 3.63) is 240 Å². The molecule has 0 saturated heterocycles. The van der Waals surface area contributed by atoms with Crippen molar-refractivity contribution in [2.24, 2.45) is 0 Å². The number of hydrogen-bond acceptors (Lipinski definition) is 2. The average molecular weight is 899 g/mol. The van der Waals surface area contributed by atoms with Gasteiger partial charge in [-0.1, -0.05) is 161 Å². The Morgan fingerprint density at radius 3 is 1.11 bits per heavy atom. The van der Waals surface area contributed by atoms with E-state index in [2.05, 4.69) is 244 Å². The zero-order valence-electron chi connectivity index (χ0n) is 40.4. The van der Waals surface area contributed by atoms with Gasteiger partial charge in [0.05, 0.1) is 0 Å². The molecule has 0 atom stereocenters. The lowest BCUT2D eigenvalue weighted by atomic mass is 9.80. The van der Waals surface area contributed by atoms with Crippen molar-refractivity contribution in [1.29, 1.82) is 0 Å². The summed E-state index contributed by atoms with van der Waals surface area (Å²) < 4.78 is 0. The van der Waals surface area contributed by atoms with Crippen molar-refractivity contribution in [3.8, 4) is 0 Å². The van der Waals surface area contributed by atoms with E-state index in [1.54, 1.807) is 0 Å². The number of benzene rings is 10. The summed E-state index contributed by atoms with van der Waals surface area (Å²) in [5, 5.41) is 12.7. The Morgan fingerprint density at radius 1 is 0.329 bits per heavy atom. The third-order valence-corrected chi connectivity index (χ3v) is 16.5. The summed E-state index contributed by atoms with van der Waals surface area (Å²) in [4.78, 5) is 4.93. The number of hydrogen-bond donors (Lipinski definition) is 0. The van der Waals surface area contributed by atoms with E-state index in [-0.39, 0.29) is 10.8 Å². The molecule has 2 heteroatoms. The van der Waals surface area contributed by atoms with Gasteiger partial charge in [0, 0.05) is 45.0 Å². The number of allylic oxidation sites excluding steroid dienone is 8. The summed E-state index contributed by atoms with van der Waals surface area (Å²) in [5.74, 6) is 0. The zero-order chi connectivity index (χ0) is 46.9. The fourth-order valence-corrected chi connectivity index (χ4v) is 13.2. The van der Waals surface area contributed by atoms with E-state index in [9.17, 15) is 0 Å². The molecule has 336 valence electrons. The lowest BCUT2D eigenvalue weighted by molar-refractivity contribution is 0.651. The lowest BCUT2D eigenvalue weighted by Gasteiger charge is -2.29. The number of fused-ring (bicyclic) bond motifs is 15. The molecule has 0 fully saturated rings. The Hall–Kier alpha value is -7.94. The molecule has 0 unspecified atom stereocenters. The number of nitrogens with zero attached hydrogens (tertiary/aromatic N) is 2.